The van der Waals surface area contributed by atoms with E-state index in [2.05, 4.69) is 82.2 Å². The van der Waals surface area contributed by atoms with Gasteiger partial charge in [0.2, 0.25) is 17.8 Å². The van der Waals surface area contributed by atoms with Crippen molar-refractivity contribution in [2.75, 3.05) is 15.1 Å². The Kier molecular flexibility index (Phi) is 6.35. The molecule has 0 aliphatic carbocycles. The molecule has 2 aliphatic rings. The largest absolute Gasteiger partial charge is 0.330 e. The molecule has 2 aromatic rings. The minimum absolute atomic E-state index is 0.0603. The summed E-state index contributed by atoms with van der Waals surface area (Å²) in [6, 6.07) is 10.3. The van der Waals surface area contributed by atoms with Gasteiger partial charge in [0, 0.05) is 27.8 Å². The van der Waals surface area contributed by atoms with Crippen LogP contribution < -0.4 is 15.1 Å². The number of aromatic nitrogens is 3. The highest BCUT2D eigenvalue weighted by atomic mass is 15.4. The van der Waals surface area contributed by atoms with E-state index in [1.54, 1.807) is 0 Å². The van der Waals surface area contributed by atoms with E-state index in [0.717, 1.165) is 37.3 Å². The number of nitrogens with zero attached hydrogens (tertiary/aromatic N) is 6. The van der Waals surface area contributed by atoms with Gasteiger partial charge in [-0.1, -0.05) is 18.2 Å². The summed E-state index contributed by atoms with van der Waals surface area (Å²) in [5.41, 5.74) is 0.456. The second kappa shape index (κ2) is 8.75. The molecule has 0 unspecified atom stereocenters. The van der Waals surface area contributed by atoms with Crippen molar-refractivity contribution >= 4 is 30.2 Å². The fraction of sp³-hybridized carbons (Fsp3) is 0.643. The van der Waals surface area contributed by atoms with Crippen molar-refractivity contribution in [1.82, 2.24) is 15.0 Å². The number of anilines is 4. The lowest BCUT2D eigenvalue weighted by Crippen LogP contribution is -2.63. The first kappa shape index (κ1) is 25.4. The number of benzene rings is 1. The lowest BCUT2D eigenvalue weighted by atomic mass is 9.77. The molecule has 0 radical (unpaired) electrons. The Morgan fingerprint density at radius 3 is 1.74 bits per heavy atom. The average Bonchev–Trinajstić information content (AvgIpc) is 2.71. The molecule has 7 nitrogen and oxygen atoms in total. The summed E-state index contributed by atoms with van der Waals surface area (Å²) in [5, 5.41) is 3.45. The van der Waals surface area contributed by atoms with Gasteiger partial charge >= 0.3 is 0 Å². The maximum Gasteiger partial charge on any atom is 0.233 e. The molecule has 190 valence electrons. The van der Waals surface area contributed by atoms with Crippen LogP contribution in [0.2, 0.25) is 0 Å². The third-order valence-corrected chi connectivity index (χ3v) is 7.77. The molecule has 0 spiro atoms. The number of para-hydroxylation sites is 1. The summed E-state index contributed by atoms with van der Waals surface area (Å²) in [6.07, 6.45) is 5.22. The molecular weight excluding hydrogens is 434 g/mol. The van der Waals surface area contributed by atoms with Crippen LogP contribution in [0.25, 0.3) is 0 Å². The van der Waals surface area contributed by atoms with E-state index in [0.29, 0.717) is 11.9 Å². The molecule has 4 rings (SSSR count). The Balaban J connectivity index is 1.87. The van der Waals surface area contributed by atoms with Crippen molar-refractivity contribution in [2.24, 2.45) is 4.99 Å². The van der Waals surface area contributed by atoms with Crippen LogP contribution in [-0.2, 0) is 0 Å². The van der Waals surface area contributed by atoms with Crippen molar-refractivity contribution in [3.05, 3.63) is 30.3 Å². The smallest absolute Gasteiger partial charge is 0.233 e. The summed E-state index contributed by atoms with van der Waals surface area (Å²) in [6.45, 7) is 22.1. The van der Waals surface area contributed by atoms with E-state index in [1.807, 2.05) is 30.3 Å². The summed E-state index contributed by atoms with van der Waals surface area (Å²) in [5.74, 6) is 2.02. The van der Waals surface area contributed by atoms with Gasteiger partial charge in [-0.15, -0.1) is 0 Å². The minimum Gasteiger partial charge on any atom is -0.330 e. The molecule has 3 heterocycles. The quantitative estimate of drug-likeness (QED) is 0.503. The van der Waals surface area contributed by atoms with E-state index in [-0.39, 0.29) is 28.2 Å². The van der Waals surface area contributed by atoms with Crippen molar-refractivity contribution in [3.8, 4) is 0 Å². The lowest BCUT2D eigenvalue weighted by Gasteiger charge is -2.55. The number of nitrogens with one attached hydrogen (secondary N) is 1. The van der Waals surface area contributed by atoms with Gasteiger partial charge in [-0.3, -0.25) is 4.99 Å². The number of piperidine rings is 2. The molecule has 7 heteroatoms. The number of hydrogen-bond donors (Lipinski definition) is 1. The molecule has 1 aromatic heterocycles. The first-order valence-corrected chi connectivity index (χ1v) is 12.9. The van der Waals surface area contributed by atoms with Crippen molar-refractivity contribution < 1.29 is 0 Å². The molecule has 0 bridgehead atoms. The highest BCUT2D eigenvalue weighted by molar-refractivity contribution is 5.58. The zero-order valence-corrected chi connectivity index (χ0v) is 22.9. The van der Waals surface area contributed by atoms with Gasteiger partial charge in [0.05, 0.1) is 6.04 Å². The van der Waals surface area contributed by atoms with E-state index in [4.69, 9.17) is 15.0 Å². The zero-order chi connectivity index (χ0) is 25.6. The van der Waals surface area contributed by atoms with Crippen LogP contribution in [0.4, 0.5) is 23.5 Å². The maximum absolute atomic E-state index is 5.20. The second-order valence-electron chi connectivity index (χ2n) is 12.8. The van der Waals surface area contributed by atoms with Gasteiger partial charge in [-0.05, 0) is 106 Å². The first-order chi connectivity index (χ1) is 16.2. The normalized spacial score (nSPS) is 23.1. The van der Waals surface area contributed by atoms with Crippen LogP contribution in [0, 0.1) is 0 Å². The SMILES string of the molecule is C=NC1CC(C)(C)N(c2nc(Nc3ccccc3)nc(N3C(C)(C)CCCC3(C)C)n2)C(C)(C)C1. The third-order valence-electron chi connectivity index (χ3n) is 7.77. The van der Waals surface area contributed by atoms with Gasteiger partial charge in [-0.25, -0.2) is 0 Å². The minimum atomic E-state index is -0.191. The van der Waals surface area contributed by atoms with Crippen LogP contribution >= 0.6 is 0 Å². The van der Waals surface area contributed by atoms with Crippen molar-refractivity contribution in [2.45, 2.75) is 116 Å². The van der Waals surface area contributed by atoms with E-state index >= 15 is 0 Å². The van der Waals surface area contributed by atoms with Crippen molar-refractivity contribution in [3.63, 3.8) is 0 Å². The predicted octanol–water partition coefficient (Wildman–Crippen LogP) is 6.39. The maximum atomic E-state index is 5.20. The molecule has 1 aromatic carbocycles. The molecule has 0 saturated carbocycles. The standard InChI is InChI=1S/C28H43N7/c1-25(2)16-13-17-26(3,4)34(25)23-31-22(30-20-14-11-10-12-15-20)32-24(33-23)35-27(5,6)18-21(29-9)19-28(35,7)8/h10-12,14-15,21H,9,13,16-19H2,1-8H3,(H,30,31,32,33). The Hall–Kier alpha value is -2.70. The van der Waals surface area contributed by atoms with Gasteiger partial charge in [-0.2, -0.15) is 15.0 Å². The Morgan fingerprint density at radius 2 is 1.26 bits per heavy atom. The lowest BCUT2D eigenvalue weighted by molar-refractivity contribution is 0.216. The molecule has 1 N–H and O–H groups in total. The molecule has 2 aliphatic heterocycles. The predicted molar refractivity (Wildman–Crippen MR) is 147 cm³/mol. The average molecular weight is 478 g/mol. The van der Waals surface area contributed by atoms with Gasteiger partial charge in [0.15, 0.2) is 0 Å². The van der Waals surface area contributed by atoms with E-state index < -0.39 is 0 Å². The van der Waals surface area contributed by atoms with Crippen LogP contribution in [-0.4, -0.2) is 49.9 Å². The molecular formula is C28H43N7. The Bertz CT molecular complexity index is 1020. The van der Waals surface area contributed by atoms with Crippen molar-refractivity contribution in [1.29, 1.82) is 0 Å². The van der Waals surface area contributed by atoms with Crippen LogP contribution in [0.3, 0.4) is 0 Å². The Labute approximate surface area is 211 Å². The van der Waals surface area contributed by atoms with E-state index in [1.165, 1.54) is 6.42 Å². The van der Waals surface area contributed by atoms with E-state index in [9.17, 15) is 0 Å². The number of rotatable bonds is 5. The molecule has 2 fully saturated rings. The summed E-state index contributed by atoms with van der Waals surface area (Å²) >= 11 is 0. The van der Waals surface area contributed by atoms with Gasteiger partial charge in [0.1, 0.15) is 0 Å². The first-order valence-electron chi connectivity index (χ1n) is 12.9. The fourth-order valence-electron chi connectivity index (χ4n) is 6.70. The fourth-order valence-corrected chi connectivity index (χ4v) is 6.70. The Morgan fingerprint density at radius 1 is 0.771 bits per heavy atom. The van der Waals surface area contributed by atoms with Crippen LogP contribution in [0.1, 0.15) is 87.5 Å². The monoisotopic (exact) mass is 477 g/mol. The molecule has 35 heavy (non-hydrogen) atoms. The number of hydrogen-bond acceptors (Lipinski definition) is 7. The summed E-state index contributed by atoms with van der Waals surface area (Å²) < 4.78 is 0. The highest BCUT2D eigenvalue weighted by Gasteiger charge is 2.48. The van der Waals surface area contributed by atoms with Gasteiger partial charge in [0.25, 0.3) is 0 Å². The summed E-state index contributed by atoms with van der Waals surface area (Å²) in [7, 11) is 0. The van der Waals surface area contributed by atoms with Gasteiger partial charge < -0.3 is 15.1 Å². The van der Waals surface area contributed by atoms with Crippen LogP contribution in [0.5, 0.6) is 0 Å². The zero-order valence-electron chi connectivity index (χ0n) is 22.9. The highest BCUT2D eigenvalue weighted by Crippen LogP contribution is 2.44. The van der Waals surface area contributed by atoms with Crippen LogP contribution in [0.15, 0.2) is 35.3 Å². The molecule has 2 saturated heterocycles. The number of aliphatic imine (C=N–C) groups is 1. The summed E-state index contributed by atoms with van der Waals surface area (Å²) in [4.78, 5) is 24.4. The molecule has 0 atom stereocenters. The third kappa shape index (κ3) is 5.00. The molecule has 0 amide bonds. The second-order valence-corrected chi connectivity index (χ2v) is 12.8. The topological polar surface area (TPSA) is 69.5 Å².